The molecule has 16 heavy (non-hydrogen) atoms. The first-order chi connectivity index (χ1) is 7.86. The summed E-state index contributed by atoms with van der Waals surface area (Å²) in [5.41, 5.74) is 0.795. The topological polar surface area (TPSA) is 49.6 Å². The summed E-state index contributed by atoms with van der Waals surface area (Å²) in [6.45, 7) is 2.08. The van der Waals surface area contributed by atoms with Gasteiger partial charge in [-0.15, -0.1) is 0 Å². The number of aromatic hydroxyl groups is 1. The highest BCUT2D eigenvalue weighted by Crippen LogP contribution is 2.26. The average Bonchev–Trinajstić information content (AvgIpc) is 2.75. The van der Waals surface area contributed by atoms with Gasteiger partial charge in [0.15, 0.2) is 0 Å². The molecule has 0 saturated carbocycles. The molecule has 1 saturated heterocycles. The van der Waals surface area contributed by atoms with Gasteiger partial charge in [0.25, 0.3) is 0 Å². The minimum absolute atomic E-state index is 0.296. The summed E-state index contributed by atoms with van der Waals surface area (Å²) >= 11 is 0. The highest BCUT2D eigenvalue weighted by atomic mass is 16.3. The van der Waals surface area contributed by atoms with E-state index in [1.165, 1.54) is 12.8 Å². The lowest BCUT2D eigenvalue weighted by atomic mass is 9.99. The second-order valence-corrected chi connectivity index (χ2v) is 4.31. The number of nitrogens with zero attached hydrogens (tertiary/aromatic N) is 2. The van der Waals surface area contributed by atoms with Crippen molar-refractivity contribution < 1.29 is 5.11 Å². The minimum Gasteiger partial charge on any atom is -0.506 e. The fourth-order valence-corrected chi connectivity index (χ4v) is 2.40. The van der Waals surface area contributed by atoms with Gasteiger partial charge in [-0.3, -0.25) is 0 Å². The molecule has 0 radical (unpaired) electrons. The van der Waals surface area contributed by atoms with Gasteiger partial charge in [-0.05, 0) is 31.5 Å². The number of piperidine rings is 1. The fourth-order valence-electron chi connectivity index (χ4n) is 2.40. The molecule has 4 heteroatoms. The van der Waals surface area contributed by atoms with E-state index >= 15 is 0 Å². The van der Waals surface area contributed by atoms with E-state index in [-0.39, 0.29) is 0 Å². The van der Waals surface area contributed by atoms with Crippen molar-refractivity contribution in [2.75, 3.05) is 13.1 Å². The number of aromatic nitrogens is 2. The molecule has 1 aliphatic heterocycles. The summed E-state index contributed by atoms with van der Waals surface area (Å²) in [5, 5.41) is 13.1. The van der Waals surface area contributed by atoms with Crippen molar-refractivity contribution in [2.24, 2.45) is 0 Å². The quantitative estimate of drug-likeness (QED) is 0.761. The number of fused-ring (bicyclic) bond motifs is 1. The van der Waals surface area contributed by atoms with Crippen molar-refractivity contribution in [1.29, 1.82) is 0 Å². The van der Waals surface area contributed by atoms with Crippen LogP contribution in [0.25, 0.3) is 5.52 Å². The lowest BCUT2D eigenvalue weighted by molar-refractivity contribution is 0.444. The van der Waals surface area contributed by atoms with E-state index < -0.39 is 0 Å². The Morgan fingerprint density at radius 2 is 2.44 bits per heavy atom. The Bertz CT molecular complexity index is 500. The number of nitrogens with one attached hydrogen (secondary N) is 1. The van der Waals surface area contributed by atoms with Gasteiger partial charge in [-0.1, -0.05) is 0 Å². The zero-order valence-corrected chi connectivity index (χ0v) is 9.06. The summed E-state index contributed by atoms with van der Waals surface area (Å²) in [4.78, 5) is 4.44. The molecule has 84 valence electrons. The summed E-state index contributed by atoms with van der Waals surface area (Å²) in [6.07, 6.45) is 6.07. The van der Waals surface area contributed by atoms with E-state index in [2.05, 4.69) is 10.3 Å². The van der Waals surface area contributed by atoms with Gasteiger partial charge >= 0.3 is 0 Å². The summed E-state index contributed by atoms with van der Waals surface area (Å²) < 4.78 is 1.99. The molecule has 0 bridgehead atoms. The van der Waals surface area contributed by atoms with Crippen LogP contribution in [0.5, 0.6) is 5.75 Å². The molecule has 2 aromatic rings. The summed E-state index contributed by atoms with van der Waals surface area (Å²) in [6, 6.07) is 3.55. The molecule has 0 aliphatic carbocycles. The Morgan fingerprint density at radius 3 is 3.25 bits per heavy atom. The van der Waals surface area contributed by atoms with E-state index in [1.54, 1.807) is 12.3 Å². The van der Waals surface area contributed by atoms with Gasteiger partial charge in [0.2, 0.25) is 0 Å². The maximum absolute atomic E-state index is 9.71. The van der Waals surface area contributed by atoms with E-state index in [4.69, 9.17) is 0 Å². The molecular weight excluding hydrogens is 202 g/mol. The van der Waals surface area contributed by atoms with Crippen molar-refractivity contribution in [3.63, 3.8) is 0 Å². The normalized spacial score (nSPS) is 21.4. The Labute approximate surface area is 93.9 Å². The third kappa shape index (κ3) is 1.46. The molecule has 1 fully saturated rings. The molecule has 2 N–H and O–H groups in total. The molecule has 2 aromatic heterocycles. The monoisotopic (exact) mass is 217 g/mol. The second kappa shape index (κ2) is 3.79. The maximum atomic E-state index is 9.71. The fraction of sp³-hybridized carbons (Fsp3) is 0.417. The van der Waals surface area contributed by atoms with Gasteiger partial charge in [0, 0.05) is 18.7 Å². The van der Waals surface area contributed by atoms with Crippen LogP contribution in [0.3, 0.4) is 0 Å². The van der Waals surface area contributed by atoms with Gasteiger partial charge in [-0.25, -0.2) is 4.98 Å². The molecule has 1 aliphatic rings. The van der Waals surface area contributed by atoms with Crippen molar-refractivity contribution in [3.8, 4) is 5.75 Å². The average molecular weight is 217 g/mol. The maximum Gasteiger partial charge on any atom is 0.141 e. The first-order valence-electron chi connectivity index (χ1n) is 5.72. The third-order valence-corrected chi connectivity index (χ3v) is 3.24. The van der Waals surface area contributed by atoms with Gasteiger partial charge in [0.05, 0.1) is 6.20 Å². The van der Waals surface area contributed by atoms with E-state index in [9.17, 15) is 5.11 Å². The van der Waals surface area contributed by atoms with Crippen LogP contribution in [0, 0.1) is 0 Å². The van der Waals surface area contributed by atoms with Gasteiger partial charge < -0.3 is 14.8 Å². The van der Waals surface area contributed by atoms with E-state index in [1.807, 2.05) is 16.7 Å². The Morgan fingerprint density at radius 1 is 1.50 bits per heavy atom. The van der Waals surface area contributed by atoms with Crippen molar-refractivity contribution >= 4 is 5.52 Å². The van der Waals surface area contributed by atoms with Crippen LogP contribution in [0.15, 0.2) is 24.5 Å². The Kier molecular flexibility index (Phi) is 2.29. The largest absolute Gasteiger partial charge is 0.506 e. The van der Waals surface area contributed by atoms with Gasteiger partial charge in [-0.2, -0.15) is 0 Å². The molecular formula is C12H15N3O. The van der Waals surface area contributed by atoms with Crippen LogP contribution in [0.1, 0.15) is 24.6 Å². The Balaban J connectivity index is 2.06. The lowest BCUT2D eigenvalue weighted by Gasteiger charge is -2.21. The van der Waals surface area contributed by atoms with Crippen molar-refractivity contribution in [1.82, 2.24) is 14.7 Å². The van der Waals surface area contributed by atoms with Crippen molar-refractivity contribution in [2.45, 2.75) is 18.8 Å². The van der Waals surface area contributed by atoms with E-state index in [0.29, 0.717) is 11.7 Å². The first-order valence-corrected chi connectivity index (χ1v) is 5.72. The summed E-state index contributed by atoms with van der Waals surface area (Å²) in [5.74, 6) is 1.81. The smallest absolute Gasteiger partial charge is 0.141 e. The van der Waals surface area contributed by atoms with Gasteiger partial charge in [0.1, 0.15) is 17.1 Å². The van der Waals surface area contributed by atoms with Crippen molar-refractivity contribution in [3.05, 3.63) is 30.4 Å². The lowest BCUT2D eigenvalue weighted by Crippen LogP contribution is -2.29. The van der Waals surface area contributed by atoms with Crippen LogP contribution in [0.2, 0.25) is 0 Å². The predicted octanol–water partition coefficient (Wildman–Crippen LogP) is 1.51. The van der Waals surface area contributed by atoms with Crippen LogP contribution in [-0.4, -0.2) is 27.6 Å². The standard InChI is InChI=1S/C12H15N3O/c16-11-4-2-6-15-10(11)8-14-12(15)9-3-1-5-13-7-9/h2,4,6,8-9,13,16H,1,3,5,7H2. The van der Waals surface area contributed by atoms with Crippen LogP contribution < -0.4 is 5.32 Å². The van der Waals surface area contributed by atoms with Crippen LogP contribution in [-0.2, 0) is 0 Å². The number of pyridine rings is 1. The molecule has 4 nitrogen and oxygen atoms in total. The number of hydrogen-bond acceptors (Lipinski definition) is 3. The number of hydrogen-bond donors (Lipinski definition) is 2. The molecule has 3 heterocycles. The molecule has 0 amide bonds. The molecule has 0 spiro atoms. The zero-order valence-electron chi connectivity index (χ0n) is 9.06. The third-order valence-electron chi connectivity index (χ3n) is 3.24. The number of rotatable bonds is 1. The molecule has 0 aromatic carbocycles. The summed E-state index contributed by atoms with van der Waals surface area (Å²) in [7, 11) is 0. The molecule has 1 unspecified atom stereocenters. The zero-order chi connectivity index (χ0) is 11.0. The Hall–Kier alpha value is -1.55. The highest BCUT2D eigenvalue weighted by Gasteiger charge is 2.19. The minimum atomic E-state index is 0.296. The highest BCUT2D eigenvalue weighted by molar-refractivity contribution is 5.58. The second-order valence-electron chi connectivity index (χ2n) is 4.31. The predicted molar refractivity (Wildman–Crippen MR) is 61.7 cm³/mol. The van der Waals surface area contributed by atoms with Crippen LogP contribution in [0.4, 0.5) is 0 Å². The SMILES string of the molecule is Oc1cccn2c(C3CCCNC3)ncc12. The molecule has 1 atom stereocenters. The van der Waals surface area contributed by atoms with E-state index in [0.717, 1.165) is 24.4 Å². The van der Waals surface area contributed by atoms with Crippen LogP contribution >= 0.6 is 0 Å². The number of imidazole rings is 1. The molecule has 3 rings (SSSR count). The first kappa shape index (κ1) is 9.66.